The van der Waals surface area contributed by atoms with Gasteiger partial charge in [-0.1, -0.05) is 6.42 Å². The van der Waals surface area contributed by atoms with Gasteiger partial charge in [0.15, 0.2) is 0 Å². The number of carbonyl (C=O) groups is 1. The van der Waals surface area contributed by atoms with Gasteiger partial charge >= 0.3 is 0 Å². The van der Waals surface area contributed by atoms with E-state index in [0.717, 1.165) is 19.3 Å². The van der Waals surface area contributed by atoms with Crippen LogP contribution in [0.1, 0.15) is 19.3 Å². The van der Waals surface area contributed by atoms with Crippen LogP contribution in [0, 0.1) is 11.8 Å². The molecule has 0 radical (unpaired) electrons. The summed E-state index contributed by atoms with van der Waals surface area (Å²) in [5.41, 5.74) is 0. The van der Waals surface area contributed by atoms with Crippen molar-refractivity contribution < 1.29 is 15.0 Å². The Morgan fingerprint density at radius 1 is 1.18 bits per heavy atom. The SMILES string of the molecule is O=C1C(CO)CCCC1CO. The normalized spacial score (nSPS) is 32.4. The molecule has 64 valence electrons. The summed E-state index contributed by atoms with van der Waals surface area (Å²) in [7, 11) is 0. The van der Waals surface area contributed by atoms with Crippen molar-refractivity contribution >= 4 is 5.78 Å². The zero-order chi connectivity index (χ0) is 8.27. The average Bonchev–Trinajstić information content (AvgIpc) is 2.05. The standard InChI is InChI=1S/C8H14O3/c9-4-6-2-1-3-7(5-10)8(6)11/h6-7,9-10H,1-5H2. The highest BCUT2D eigenvalue weighted by atomic mass is 16.3. The van der Waals surface area contributed by atoms with E-state index in [1.807, 2.05) is 0 Å². The molecule has 3 nitrogen and oxygen atoms in total. The predicted molar refractivity (Wildman–Crippen MR) is 40.0 cm³/mol. The molecule has 0 bridgehead atoms. The largest absolute Gasteiger partial charge is 0.396 e. The lowest BCUT2D eigenvalue weighted by atomic mass is 9.81. The zero-order valence-corrected chi connectivity index (χ0v) is 6.49. The summed E-state index contributed by atoms with van der Waals surface area (Å²) in [5.74, 6) is -0.372. The molecule has 0 aromatic heterocycles. The van der Waals surface area contributed by atoms with Gasteiger partial charge in [-0.05, 0) is 12.8 Å². The second-order valence-electron chi connectivity index (χ2n) is 3.09. The van der Waals surface area contributed by atoms with Gasteiger partial charge < -0.3 is 10.2 Å². The van der Waals surface area contributed by atoms with Crippen molar-refractivity contribution in [3.63, 3.8) is 0 Å². The van der Waals surface area contributed by atoms with Crippen LogP contribution in [0.5, 0.6) is 0 Å². The van der Waals surface area contributed by atoms with Gasteiger partial charge in [-0.3, -0.25) is 4.79 Å². The second kappa shape index (κ2) is 3.83. The lowest BCUT2D eigenvalue weighted by Crippen LogP contribution is -2.32. The number of carbonyl (C=O) groups excluding carboxylic acids is 1. The van der Waals surface area contributed by atoms with Crippen molar-refractivity contribution in [1.82, 2.24) is 0 Å². The molecule has 1 saturated carbocycles. The summed E-state index contributed by atoms with van der Waals surface area (Å²) < 4.78 is 0. The van der Waals surface area contributed by atoms with E-state index in [4.69, 9.17) is 10.2 Å². The smallest absolute Gasteiger partial charge is 0.143 e. The maximum atomic E-state index is 11.3. The van der Waals surface area contributed by atoms with Crippen molar-refractivity contribution in [1.29, 1.82) is 0 Å². The van der Waals surface area contributed by atoms with E-state index in [1.54, 1.807) is 0 Å². The lowest BCUT2D eigenvalue weighted by molar-refractivity contribution is -0.131. The van der Waals surface area contributed by atoms with Crippen LogP contribution < -0.4 is 0 Å². The van der Waals surface area contributed by atoms with Crippen molar-refractivity contribution in [2.75, 3.05) is 13.2 Å². The maximum absolute atomic E-state index is 11.3. The number of aliphatic hydroxyl groups excluding tert-OH is 2. The highest BCUT2D eigenvalue weighted by molar-refractivity contribution is 5.84. The third kappa shape index (κ3) is 1.79. The molecule has 0 heterocycles. The molecule has 0 amide bonds. The minimum absolute atomic E-state index is 0.0428. The molecule has 11 heavy (non-hydrogen) atoms. The quantitative estimate of drug-likeness (QED) is 0.592. The van der Waals surface area contributed by atoms with E-state index < -0.39 is 0 Å². The summed E-state index contributed by atoms with van der Waals surface area (Å²) in [6, 6.07) is 0. The van der Waals surface area contributed by atoms with E-state index in [-0.39, 0.29) is 30.8 Å². The summed E-state index contributed by atoms with van der Waals surface area (Å²) in [5, 5.41) is 17.5. The van der Waals surface area contributed by atoms with E-state index in [9.17, 15) is 4.79 Å². The van der Waals surface area contributed by atoms with Crippen molar-refractivity contribution in [3.05, 3.63) is 0 Å². The monoisotopic (exact) mass is 158 g/mol. The molecule has 2 atom stereocenters. The predicted octanol–water partition coefficient (Wildman–Crippen LogP) is -0.0436. The van der Waals surface area contributed by atoms with Gasteiger partial charge in [-0.25, -0.2) is 0 Å². The van der Waals surface area contributed by atoms with Crippen molar-refractivity contribution in [2.45, 2.75) is 19.3 Å². The van der Waals surface area contributed by atoms with Gasteiger partial charge in [0, 0.05) is 11.8 Å². The Morgan fingerprint density at radius 3 is 2.00 bits per heavy atom. The molecule has 0 spiro atoms. The topological polar surface area (TPSA) is 57.5 Å². The van der Waals surface area contributed by atoms with Crippen LogP contribution >= 0.6 is 0 Å². The molecule has 1 aliphatic carbocycles. The molecule has 0 aromatic rings. The van der Waals surface area contributed by atoms with Crippen LogP contribution in [-0.2, 0) is 4.79 Å². The Hall–Kier alpha value is -0.410. The Morgan fingerprint density at radius 2 is 1.64 bits per heavy atom. The molecule has 1 aliphatic rings. The van der Waals surface area contributed by atoms with Crippen molar-refractivity contribution in [3.8, 4) is 0 Å². The highest BCUT2D eigenvalue weighted by Crippen LogP contribution is 2.24. The van der Waals surface area contributed by atoms with E-state index in [1.165, 1.54) is 0 Å². The van der Waals surface area contributed by atoms with Crippen LogP contribution in [0.15, 0.2) is 0 Å². The zero-order valence-electron chi connectivity index (χ0n) is 6.49. The van der Waals surface area contributed by atoms with Gasteiger partial charge in [0.1, 0.15) is 5.78 Å². The number of Topliss-reactive ketones (excluding diaryl/α,β-unsaturated/α-hetero) is 1. The molecule has 0 saturated heterocycles. The Balaban J connectivity index is 2.52. The van der Waals surface area contributed by atoms with Crippen LogP contribution in [0.3, 0.4) is 0 Å². The van der Waals surface area contributed by atoms with Crippen LogP contribution in [-0.4, -0.2) is 29.2 Å². The molecular weight excluding hydrogens is 144 g/mol. The van der Waals surface area contributed by atoms with Gasteiger partial charge in [0.2, 0.25) is 0 Å². The fourth-order valence-corrected chi connectivity index (χ4v) is 1.59. The van der Waals surface area contributed by atoms with Gasteiger partial charge in [0.25, 0.3) is 0 Å². The number of ketones is 1. The first kappa shape index (κ1) is 8.68. The maximum Gasteiger partial charge on any atom is 0.143 e. The summed E-state index contributed by atoms with van der Waals surface area (Å²) in [4.78, 5) is 11.3. The second-order valence-corrected chi connectivity index (χ2v) is 3.09. The minimum atomic E-state index is -0.208. The first-order valence-corrected chi connectivity index (χ1v) is 4.05. The number of rotatable bonds is 2. The molecule has 3 heteroatoms. The van der Waals surface area contributed by atoms with Crippen molar-refractivity contribution in [2.24, 2.45) is 11.8 Å². The Kier molecular flexibility index (Phi) is 3.02. The third-order valence-electron chi connectivity index (χ3n) is 2.35. The lowest BCUT2D eigenvalue weighted by Gasteiger charge is -2.24. The summed E-state index contributed by atoms with van der Waals surface area (Å²) >= 11 is 0. The van der Waals surface area contributed by atoms with E-state index in [2.05, 4.69) is 0 Å². The Bertz CT molecular complexity index is 130. The average molecular weight is 158 g/mol. The van der Waals surface area contributed by atoms with E-state index >= 15 is 0 Å². The Labute approximate surface area is 66.0 Å². The summed E-state index contributed by atoms with van der Waals surface area (Å²) in [6.45, 7) is -0.120. The first-order chi connectivity index (χ1) is 5.29. The highest BCUT2D eigenvalue weighted by Gasteiger charge is 2.29. The molecule has 1 rings (SSSR count). The molecule has 0 aliphatic heterocycles. The minimum Gasteiger partial charge on any atom is -0.396 e. The fraction of sp³-hybridized carbons (Fsp3) is 0.875. The number of aliphatic hydroxyl groups is 2. The molecule has 0 aromatic carbocycles. The first-order valence-electron chi connectivity index (χ1n) is 4.05. The van der Waals surface area contributed by atoms with Crippen LogP contribution in [0.4, 0.5) is 0 Å². The molecule has 1 fully saturated rings. The third-order valence-corrected chi connectivity index (χ3v) is 2.35. The van der Waals surface area contributed by atoms with Gasteiger partial charge in [-0.15, -0.1) is 0 Å². The number of hydrogen-bond acceptors (Lipinski definition) is 3. The van der Waals surface area contributed by atoms with Crippen LogP contribution in [0.25, 0.3) is 0 Å². The van der Waals surface area contributed by atoms with Crippen LogP contribution in [0.2, 0.25) is 0 Å². The number of hydrogen-bond donors (Lipinski definition) is 2. The van der Waals surface area contributed by atoms with E-state index in [0.29, 0.717) is 0 Å². The molecule has 2 N–H and O–H groups in total. The fourth-order valence-electron chi connectivity index (χ4n) is 1.59. The molecule has 2 unspecified atom stereocenters. The van der Waals surface area contributed by atoms with Gasteiger partial charge in [0.05, 0.1) is 13.2 Å². The van der Waals surface area contributed by atoms with Gasteiger partial charge in [-0.2, -0.15) is 0 Å². The summed E-state index contributed by atoms with van der Waals surface area (Å²) in [6.07, 6.45) is 2.51. The molecular formula is C8H14O3.